The van der Waals surface area contributed by atoms with E-state index >= 15 is 0 Å². The van der Waals surface area contributed by atoms with E-state index in [0.717, 1.165) is 24.3 Å². The average Bonchev–Trinajstić information content (AvgIpc) is 2.29. The van der Waals surface area contributed by atoms with Crippen LogP contribution in [0, 0.1) is 0 Å². The SMILES string of the molecule is CC(C)SCCCOc1ccc(CN)cc1. The lowest BCUT2D eigenvalue weighted by Crippen LogP contribution is -2.01. The van der Waals surface area contributed by atoms with Crippen LogP contribution in [0.3, 0.4) is 0 Å². The first-order chi connectivity index (χ1) is 7.72. The minimum Gasteiger partial charge on any atom is -0.494 e. The van der Waals surface area contributed by atoms with Gasteiger partial charge in [-0.25, -0.2) is 0 Å². The van der Waals surface area contributed by atoms with Crippen LogP contribution in [0.1, 0.15) is 25.8 Å². The second-order valence-electron chi connectivity index (χ2n) is 3.97. The molecule has 0 saturated heterocycles. The normalized spacial score (nSPS) is 10.8. The summed E-state index contributed by atoms with van der Waals surface area (Å²) in [7, 11) is 0. The third-order valence-corrected chi connectivity index (χ3v) is 3.36. The molecule has 1 rings (SSSR count). The molecule has 0 aliphatic carbocycles. The van der Waals surface area contributed by atoms with Crippen LogP contribution >= 0.6 is 11.8 Å². The zero-order valence-corrected chi connectivity index (χ0v) is 10.9. The van der Waals surface area contributed by atoms with Crippen molar-refractivity contribution < 1.29 is 4.74 Å². The summed E-state index contributed by atoms with van der Waals surface area (Å²) in [4.78, 5) is 0. The van der Waals surface area contributed by atoms with Crippen molar-refractivity contribution in [3.05, 3.63) is 29.8 Å². The Hall–Kier alpha value is -0.670. The molecule has 1 aromatic carbocycles. The number of hydrogen-bond acceptors (Lipinski definition) is 3. The summed E-state index contributed by atoms with van der Waals surface area (Å²) in [6, 6.07) is 7.99. The Bertz CT molecular complexity index is 284. The molecule has 0 unspecified atom stereocenters. The summed E-state index contributed by atoms with van der Waals surface area (Å²) in [5, 5.41) is 0.712. The quantitative estimate of drug-likeness (QED) is 0.743. The molecule has 3 heteroatoms. The first-order valence-corrected chi connectivity index (χ1v) is 6.80. The van der Waals surface area contributed by atoms with Crippen molar-refractivity contribution in [3.63, 3.8) is 0 Å². The molecule has 0 spiro atoms. The van der Waals surface area contributed by atoms with Crippen LogP contribution in [0.15, 0.2) is 24.3 Å². The van der Waals surface area contributed by atoms with Gasteiger partial charge in [-0.05, 0) is 35.1 Å². The first-order valence-electron chi connectivity index (χ1n) is 5.76. The monoisotopic (exact) mass is 239 g/mol. The van der Waals surface area contributed by atoms with E-state index in [1.165, 1.54) is 5.75 Å². The van der Waals surface area contributed by atoms with Crippen LogP contribution in [0.25, 0.3) is 0 Å². The summed E-state index contributed by atoms with van der Waals surface area (Å²) in [5.74, 6) is 2.10. The second-order valence-corrected chi connectivity index (χ2v) is 5.65. The maximum absolute atomic E-state index is 5.63. The van der Waals surface area contributed by atoms with E-state index in [1.807, 2.05) is 36.0 Å². The van der Waals surface area contributed by atoms with Gasteiger partial charge in [-0.2, -0.15) is 11.8 Å². The molecule has 1 aromatic rings. The Labute approximate surface area is 103 Å². The molecule has 90 valence electrons. The van der Waals surface area contributed by atoms with E-state index in [1.54, 1.807) is 0 Å². The maximum Gasteiger partial charge on any atom is 0.119 e. The molecular weight excluding hydrogens is 218 g/mol. The highest BCUT2D eigenvalue weighted by Gasteiger charge is 1.96. The Morgan fingerprint density at radius 1 is 1.25 bits per heavy atom. The average molecular weight is 239 g/mol. The zero-order chi connectivity index (χ0) is 11.8. The molecule has 0 aliphatic rings. The van der Waals surface area contributed by atoms with Crippen molar-refractivity contribution in [2.24, 2.45) is 5.73 Å². The van der Waals surface area contributed by atoms with Gasteiger partial charge in [-0.15, -0.1) is 0 Å². The molecule has 0 heterocycles. The third kappa shape index (κ3) is 5.42. The van der Waals surface area contributed by atoms with Gasteiger partial charge in [0.1, 0.15) is 5.75 Å². The van der Waals surface area contributed by atoms with Gasteiger partial charge < -0.3 is 10.5 Å². The minimum absolute atomic E-state index is 0.589. The van der Waals surface area contributed by atoms with Gasteiger partial charge >= 0.3 is 0 Å². The summed E-state index contributed by atoms with van der Waals surface area (Å²) in [5.41, 5.74) is 6.67. The van der Waals surface area contributed by atoms with Gasteiger partial charge in [0.2, 0.25) is 0 Å². The number of rotatable bonds is 7. The molecule has 0 aromatic heterocycles. The van der Waals surface area contributed by atoms with Crippen LogP contribution in [0.2, 0.25) is 0 Å². The molecule has 0 aliphatic heterocycles. The maximum atomic E-state index is 5.63. The summed E-state index contributed by atoms with van der Waals surface area (Å²) < 4.78 is 5.63. The topological polar surface area (TPSA) is 35.2 Å². The number of thioether (sulfide) groups is 1. The Morgan fingerprint density at radius 2 is 1.94 bits per heavy atom. The fraction of sp³-hybridized carbons (Fsp3) is 0.538. The standard InChI is InChI=1S/C13H21NOS/c1-11(2)16-9-3-8-15-13-6-4-12(10-14)5-7-13/h4-7,11H,3,8-10,14H2,1-2H3. The molecule has 0 fully saturated rings. The number of ether oxygens (including phenoxy) is 1. The van der Waals surface area contributed by atoms with Crippen molar-refractivity contribution >= 4 is 11.8 Å². The summed E-state index contributed by atoms with van der Waals surface area (Å²) in [6.07, 6.45) is 1.10. The highest BCUT2D eigenvalue weighted by molar-refractivity contribution is 7.99. The fourth-order valence-corrected chi connectivity index (χ4v) is 2.05. The van der Waals surface area contributed by atoms with Crippen molar-refractivity contribution in [2.45, 2.75) is 32.1 Å². The summed E-state index contributed by atoms with van der Waals surface area (Å²) in [6.45, 7) is 5.82. The summed E-state index contributed by atoms with van der Waals surface area (Å²) >= 11 is 1.98. The van der Waals surface area contributed by atoms with E-state index in [9.17, 15) is 0 Å². The van der Waals surface area contributed by atoms with E-state index < -0.39 is 0 Å². The van der Waals surface area contributed by atoms with Gasteiger partial charge in [-0.1, -0.05) is 26.0 Å². The van der Waals surface area contributed by atoms with Gasteiger partial charge in [0, 0.05) is 6.54 Å². The first kappa shape index (κ1) is 13.4. The molecule has 0 radical (unpaired) electrons. The van der Waals surface area contributed by atoms with Gasteiger partial charge in [0.25, 0.3) is 0 Å². The number of benzene rings is 1. The smallest absolute Gasteiger partial charge is 0.119 e. The Kier molecular flexibility index (Phi) is 6.34. The number of nitrogens with two attached hydrogens (primary N) is 1. The molecule has 2 nitrogen and oxygen atoms in total. The van der Waals surface area contributed by atoms with Gasteiger partial charge in [0.05, 0.1) is 6.61 Å². The van der Waals surface area contributed by atoms with Crippen LogP contribution in [0.4, 0.5) is 0 Å². The van der Waals surface area contributed by atoms with Crippen molar-refractivity contribution in [3.8, 4) is 5.75 Å². The highest BCUT2D eigenvalue weighted by Crippen LogP contribution is 2.14. The fourth-order valence-electron chi connectivity index (χ4n) is 1.29. The van der Waals surface area contributed by atoms with Crippen LogP contribution in [-0.2, 0) is 6.54 Å². The minimum atomic E-state index is 0.589. The van der Waals surface area contributed by atoms with Crippen LogP contribution in [-0.4, -0.2) is 17.6 Å². The Morgan fingerprint density at radius 3 is 2.50 bits per heavy atom. The van der Waals surface area contributed by atoms with Gasteiger partial charge in [0.15, 0.2) is 0 Å². The predicted molar refractivity (Wildman–Crippen MR) is 72.0 cm³/mol. The van der Waals surface area contributed by atoms with E-state index in [2.05, 4.69) is 13.8 Å². The third-order valence-electron chi connectivity index (χ3n) is 2.17. The largest absolute Gasteiger partial charge is 0.494 e. The zero-order valence-electron chi connectivity index (χ0n) is 10.1. The lowest BCUT2D eigenvalue weighted by molar-refractivity contribution is 0.318. The lowest BCUT2D eigenvalue weighted by atomic mass is 10.2. The van der Waals surface area contributed by atoms with Crippen molar-refractivity contribution in [1.29, 1.82) is 0 Å². The molecule has 2 N–H and O–H groups in total. The Balaban J connectivity index is 2.16. The molecule has 0 atom stereocenters. The van der Waals surface area contributed by atoms with E-state index in [4.69, 9.17) is 10.5 Å². The van der Waals surface area contributed by atoms with E-state index in [0.29, 0.717) is 11.8 Å². The predicted octanol–water partition coefficient (Wildman–Crippen LogP) is 3.06. The molecule has 16 heavy (non-hydrogen) atoms. The second kappa shape index (κ2) is 7.58. The van der Waals surface area contributed by atoms with E-state index in [-0.39, 0.29) is 0 Å². The number of hydrogen-bond donors (Lipinski definition) is 1. The van der Waals surface area contributed by atoms with Crippen molar-refractivity contribution in [2.75, 3.05) is 12.4 Å². The van der Waals surface area contributed by atoms with Crippen molar-refractivity contribution in [1.82, 2.24) is 0 Å². The highest BCUT2D eigenvalue weighted by atomic mass is 32.2. The molecule has 0 saturated carbocycles. The van der Waals surface area contributed by atoms with Crippen LogP contribution in [0.5, 0.6) is 5.75 Å². The van der Waals surface area contributed by atoms with Crippen LogP contribution < -0.4 is 10.5 Å². The lowest BCUT2D eigenvalue weighted by Gasteiger charge is -2.07. The van der Waals surface area contributed by atoms with Gasteiger partial charge in [-0.3, -0.25) is 0 Å². The molecular formula is C13H21NOS. The molecule has 0 bridgehead atoms. The molecule has 0 amide bonds.